The van der Waals surface area contributed by atoms with E-state index in [4.69, 9.17) is 17.0 Å². The molecule has 3 aromatic carbocycles. The van der Waals surface area contributed by atoms with Crippen molar-refractivity contribution < 1.29 is 14.3 Å². The van der Waals surface area contributed by atoms with Crippen LogP contribution >= 0.6 is 12.2 Å². The Labute approximate surface area is 206 Å². The molecule has 0 spiro atoms. The van der Waals surface area contributed by atoms with Gasteiger partial charge in [0.05, 0.1) is 17.6 Å². The van der Waals surface area contributed by atoms with Crippen LogP contribution in [-0.2, 0) is 9.59 Å². The van der Waals surface area contributed by atoms with Gasteiger partial charge in [0.1, 0.15) is 17.1 Å². The number of carbonyl (C=O) groups is 2. The van der Waals surface area contributed by atoms with Gasteiger partial charge in [0.15, 0.2) is 5.11 Å². The number of ether oxygens (including phenoxy) is 1. The Morgan fingerprint density at radius 3 is 2.40 bits per heavy atom. The molecular formula is C27H18N4O3S. The molecule has 170 valence electrons. The van der Waals surface area contributed by atoms with Crippen molar-refractivity contribution in [3.8, 4) is 22.8 Å². The second kappa shape index (κ2) is 9.66. The molecule has 0 atom stereocenters. The van der Waals surface area contributed by atoms with E-state index in [2.05, 4.69) is 15.3 Å². The maximum Gasteiger partial charge on any atom is 0.270 e. The summed E-state index contributed by atoms with van der Waals surface area (Å²) in [5.74, 6) is 0.243. The third-order valence-corrected chi connectivity index (χ3v) is 5.52. The highest BCUT2D eigenvalue weighted by atomic mass is 32.1. The number of amides is 2. The molecule has 0 saturated carbocycles. The summed E-state index contributed by atoms with van der Waals surface area (Å²) in [4.78, 5) is 35.7. The molecule has 2 amide bonds. The highest BCUT2D eigenvalue weighted by molar-refractivity contribution is 7.80. The van der Waals surface area contributed by atoms with Crippen molar-refractivity contribution in [2.45, 2.75) is 0 Å². The van der Waals surface area contributed by atoms with Crippen LogP contribution in [0.1, 0.15) is 5.56 Å². The summed E-state index contributed by atoms with van der Waals surface area (Å²) in [7, 11) is 0. The van der Waals surface area contributed by atoms with E-state index in [1.165, 1.54) is 4.90 Å². The van der Waals surface area contributed by atoms with E-state index in [1.807, 2.05) is 48.5 Å². The predicted molar refractivity (Wildman–Crippen MR) is 137 cm³/mol. The Bertz CT molecular complexity index is 1440. The second-order valence-electron chi connectivity index (χ2n) is 7.58. The number of hydrogen-bond donors (Lipinski definition) is 1. The van der Waals surface area contributed by atoms with Crippen molar-refractivity contribution in [1.29, 1.82) is 0 Å². The van der Waals surface area contributed by atoms with Crippen molar-refractivity contribution in [2.24, 2.45) is 0 Å². The summed E-state index contributed by atoms with van der Waals surface area (Å²) in [5, 5.41) is 2.62. The van der Waals surface area contributed by atoms with Crippen molar-refractivity contribution in [3.05, 3.63) is 109 Å². The normalized spacial score (nSPS) is 14.7. The minimum absolute atomic E-state index is 0.0159. The molecule has 1 aliphatic rings. The lowest BCUT2D eigenvalue weighted by molar-refractivity contribution is -0.122. The summed E-state index contributed by atoms with van der Waals surface area (Å²) >= 11 is 5.30. The van der Waals surface area contributed by atoms with E-state index in [0.29, 0.717) is 28.4 Å². The van der Waals surface area contributed by atoms with Crippen LogP contribution in [0.2, 0.25) is 0 Å². The molecule has 1 aromatic heterocycles. The van der Waals surface area contributed by atoms with Crippen molar-refractivity contribution in [3.63, 3.8) is 0 Å². The molecule has 1 saturated heterocycles. The van der Waals surface area contributed by atoms with Crippen LogP contribution in [0.5, 0.6) is 11.5 Å². The van der Waals surface area contributed by atoms with Gasteiger partial charge in [-0.25, -0.2) is 0 Å². The lowest BCUT2D eigenvalue weighted by Gasteiger charge is -2.29. The molecule has 0 unspecified atom stereocenters. The zero-order valence-corrected chi connectivity index (χ0v) is 19.1. The first-order chi connectivity index (χ1) is 17.1. The fourth-order valence-electron chi connectivity index (χ4n) is 3.58. The third-order valence-electron chi connectivity index (χ3n) is 5.23. The molecule has 4 aromatic rings. The number of rotatable bonds is 5. The Hall–Kier alpha value is -4.69. The van der Waals surface area contributed by atoms with Crippen LogP contribution in [-0.4, -0.2) is 26.9 Å². The molecule has 7 nitrogen and oxygen atoms in total. The Balaban J connectivity index is 1.41. The van der Waals surface area contributed by atoms with E-state index in [-0.39, 0.29) is 10.7 Å². The van der Waals surface area contributed by atoms with Crippen LogP contribution in [0.15, 0.2) is 103 Å². The molecular weight excluding hydrogens is 460 g/mol. The van der Waals surface area contributed by atoms with Crippen LogP contribution in [0, 0.1) is 0 Å². The minimum Gasteiger partial charge on any atom is -0.457 e. The summed E-state index contributed by atoms with van der Waals surface area (Å²) < 4.78 is 5.81. The van der Waals surface area contributed by atoms with Crippen LogP contribution in [0.3, 0.4) is 0 Å². The van der Waals surface area contributed by atoms with Gasteiger partial charge in [0, 0.05) is 18.0 Å². The maximum atomic E-state index is 13.3. The smallest absolute Gasteiger partial charge is 0.270 e. The fourth-order valence-corrected chi connectivity index (χ4v) is 3.86. The SMILES string of the molecule is O=C1NC(=S)N(c2ccc(Oc3ccccc3)cc2)C(=O)C1=Cc1cccc(-c2cnccn2)c1. The molecule has 0 aliphatic carbocycles. The molecule has 1 N–H and O–H groups in total. The second-order valence-corrected chi connectivity index (χ2v) is 7.97. The highest BCUT2D eigenvalue weighted by Gasteiger charge is 2.34. The topological polar surface area (TPSA) is 84.4 Å². The Morgan fingerprint density at radius 1 is 0.886 bits per heavy atom. The van der Waals surface area contributed by atoms with E-state index in [9.17, 15) is 9.59 Å². The predicted octanol–water partition coefficient (Wildman–Crippen LogP) is 4.77. The number of benzene rings is 3. The van der Waals surface area contributed by atoms with Crippen LogP contribution in [0.25, 0.3) is 17.3 Å². The molecule has 0 bridgehead atoms. The van der Waals surface area contributed by atoms with Crippen LogP contribution < -0.4 is 15.0 Å². The van der Waals surface area contributed by atoms with Crippen molar-refractivity contribution in [2.75, 3.05) is 4.90 Å². The van der Waals surface area contributed by atoms with Gasteiger partial charge < -0.3 is 4.74 Å². The fraction of sp³-hybridized carbons (Fsp3) is 0. The average molecular weight is 479 g/mol. The quantitative estimate of drug-likeness (QED) is 0.253. The van der Waals surface area contributed by atoms with Gasteiger partial charge in [-0.1, -0.05) is 36.4 Å². The summed E-state index contributed by atoms with van der Waals surface area (Å²) in [6, 6.07) is 23.6. The zero-order valence-electron chi connectivity index (χ0n) is 18.3. The Kier molecular flexibility index (Phi) is 6.11. The monoisotopic (exact) mass is 478 g/mol. The first kappa shape index (κ1) is 22.1. The maximum absolute atomic E-state index is 13.3. The summed E-state index contributed by atoms with van der Waals surface area (Å²) in [5.41, 5.74) is 2.66. The van der Waals surface area contributed by atoms with Gasteiger partial charge in [0.2, 0.25) is 0 Å². The number of para-hydroxylation sites is 1. The van der Waals surface area contributed by atoms with Crippen molar-refractivity contribution >= 4 is 40.9 Å². The van der Waals surface area contributed by atoms with Crippen LogP contribution in [0.4, 0.5) is 5.69 Å². The van der Waals surface area contributed by atoms with E-state index >= 15 is 0 Å². The van der Waals surface area contributed by atoms with E-state index < -0.39 is 11.8 Å². The standard InChI is InChI=1S/C27H18N4O3S/c32-25-23(16-18-5-4-6-19(15-18)24-17-28-13-14-29-24)26(33)31(27(35)30-25)20-9-11-22(12-10-20)34-21-7-2-1-3-8-21/h1-17H,(H,30,32,35). The third kappa shape index (κ3) is 4.83. The molecule has 35 heavy (non-hydrogen) atoms. The number of thiocarbonyl (C=S) groups is 1. The molecule has 2 heterocycles. The molecule has 5 rings (SSSR count). The van der Waals surface area contributed by atoms with Gasteiger partial charge in [-0.2, -0.15) is 0 Å². The Morgan fingerprint density at radius 2 is 1.66 bits per heavy atom. The number of nitrogens with one attached hydrogen (secondary N) is 1. The van der Waals surface area contributed by atoms with Gasteiger partial charge >= 0.3 is 0 Å². The lowest BCUT2D eigenvalue weighted by atomic mass is 10.0. The number of aromatic nitrogens is 2. The largest absolute Gasteiger partial charge is 0.457 e. The zero-order chi connectivity index (χ0) is 24.2. The molecule has 1 aliphatic heterocycles. The lowest BCUT2D eigenvalue weighted by Crippen LogP contribution is -2.54. The van der Waals surface area contributed by atoms with E-state index in [0.717, 1.165) is 5.56 Å². The van der Waals surface area contributed by atoms with Gasteiger partial charge in [-0.3, -0.25) is 29.8 Å². The summed E-state index contributed by atoms with van der Waals surface area (Å²) in [6.07, 6.45) is 6.39. The van der Waals surface area contributed by atoms with E-state index in [1.54, 1.807) is 55.0 Å². The van der Waals surface area contributed by atoms with Gasteiger partial charge in [-0.05, 0) is 66.3 Å². The number of hydrogen-bond acceptors (Lipinski definition) is 6. The average Bonchev–Trinajstić information content (AvgIpc) is 2.89. The first-order valence-corrected chi connectivity index (χ1v) is 11.1. The van der Waals surface area contributed by atoms with Gasteiger partial charge in [0.25, 0.3) is 11.8 Å². The molecule has 0 radical (unpaired) electrons. The minimum atomic E-state index is -0.551. The molecule has 8 heteroatoms. The molecule has 1 fully saturated rings. The number of anilines is 1. The van der Waals surface area contributed by atoms with Crippen molar-refractivity contribution in [1.82, 2.24) is 15.3 Å². The number of carbonyl (C=O) groups excluding carboxylic acids is 2. The highest BCUT2D eigenvalue weighted by Crippen LogP contribution is 2.27. The number of nitrogens with zero attached hydrogens (tertiary/aromatic N) is 3. The first-order valence-electron chi connectivity index (χ1n) is 10.7. The van der Waals surface area contributed by atoms with Gasteiger partial charge in [-0.15, -0.1) is 0 Å². The summed E-state index contributed by atoms with van der Waals surface area (Å²) in [6.45, 7) is 0.